The minimum Gasteiger partial charge on any atom is -0.481 e. The van der Waals surface area contributed by atoms with Crippen LogP contribution in [0.4, 0.5) is 5.69 Å². The molecule has 1 fully saturated rings. The van der Waals surface area contributed by atoms with E-state index in [-0.39, 0.29) is 19.1 Å². The van der Waals surface area contributed by atoms with Crippen LogP contribution in [0.1, 0.15) is 24.3 Å². The molecule has 0 radical (unpaired) electrons. The van der Waals surface area contributed by atoms with Crippen molar-refractivity contribution in [2.24, 2.45) is 5.92 Å². The van der Waals surface area contributed by atoms with Gasteiger partial charge in [0, 0.05) is 12.2 Å². The summed E-state index contributed by atoms with van der Waals surface area (Å²) in [5.41, 5.74) is 1.40. The van der Waals surface area contributed by atoms with Crippen molar-refractivity contribution in [1.29, 1.82) is 0 Å². The van der Waals surface area contributed by atoms with Gasteiger partial charge in [-0.2, -0.15) is 0 Å². The van der Waals surface area contributed by atoms with E-state index < -0.39 is 11.9 Å². The zero-order valence-electron chi connectivity index (χ0n) is 11.1. The Kier molecular flexibility index (Phi) is 3.44. The first kappa shape index (κ1) is 13.1. The number of para-hydroxylation sites is 1. The van der Waals surface area contributed by atoms with Gasteiger partial charge < -0.3 is 14.7 Å². The monoisotopic (exact) mass is 275 g/mol. The Labute approximate surface area is 117 Å². The van der Waals surface area contributed by atoms with Crippen molar-refractivity contribution >= 4 is 17.6 Å². The third kappa shape index (κ3) is 2.54. The Morgan fingerprint density at radius 1 is 1.30 bits per heavy atom. The molecule has 1 amide bonds. The average molecular weight is 275 g/mol. The lowest BCUT2D eigenvalue weighted by atomic mass is 10.0. The first-order valence-electron chi connectivity index (χ1n) is 6.86. The number of hydrogen-bond donors (Lipinski definition) is 1. The van der Waals surface area contributed by atoms with E-state index in [0.29, 0.717) is 23.8 Å². The summed E-state index contributed by atoms with van der Waals surface area (Å²) in [5, 5.41) is 9.25. The minimum atomic E-state index is -0.897. The van der Waals surface area contributed by atoms with Crippen molar-refractivity contribution in [3.63, 3.8) is 0 Å². The molecule has 1 N–H and O–H groups in total. The SMILES string of the molecule is O=C(O)C1CN(C(=O)COCC2CC2)c2ccccc21. The topological polar surface area (TPSA) is 66.8 Å². The van der Waals surface area contributed by atoms with Crippen molar-refractivity contribution in [3.8, 4) is 0 Å². The zero-order valence-corrected chi connectivity index (χ0v) is 11.1. The van der Waals surface area contributed by atoms with E-state index in [9.17, 15) is 14.7 Å². The molecule has 0 aromatic heterocycles. The fourth-order valence-corrected chi connectivity index (χ4v) is 2.53. The van der Waals surface area contributed by atoms with Crippen molar-refractivity contribution in [1.82, 2.24) is 0 Å². The fourth-order valence-electron chi connectivity index (χ4n) is 2.53. The third-order valence-corrected chi connectivity index (χ3v) is 3.84. The smallest absolute Gasteiger partial charge is 0.312 e. The summed E-state index contributed by atoms with van der Waals surface area (Å²) in [5.74, 6) is -1.09. The van der Waals surface area contributed by atoms with Crippen LogP contribution in [0.2, 0.25) is 0 Å². The maximum absolute atomic E-state index is 12.2. The van der Waals surface area contributed by atoms with Crippen molar-refractivity contribution in [2.45, 2.75) is 18.8 Å². The summed E-state index contributed by atoms with van der Waals surface area (Å²) in [7, 11) is 0. The summed E-state index contributed by atoms with van der Waals surface area (Å²) < 4.78 is 5.40. The number of carbonyl (C=O) groups excluding carboxylic acids is 1. The van der Waals surface area contributed by atoms with Crippen LogP contribution < -0.4 is 4.90 Å². The highest BCUT2D eigenvalue weighted by Crippen LogP contribution is 2.36. The highest BCUT2D eigenvalue weighted by Gasteiger charge is 2.36. The molecule has 1 aliphatic carbocycles. The molecule has 1 saturated carbocycles. The maximum atomic E-state index is 12.2. The minimum absolute atomic E-state index is 0.0250. The molecule has 1 aromatic rings. The molecule has 1 aliphatic heterocycles. The molecule has 1 unspecified atom stereocenters. The lowest BCUT2D eigenvalue weighted by Crippen LogP contribution is -2.34. The van der Waals surface area contributed by atoms with Gasteiger partial charge in [-0.3, -0.25) is 9.59 Å². The summed E-state index contributed by atoms with van der Waals surface area (Å²) >= 11 is 0. The number of carbonyl (C=O) groups is 2. The van der Waals surface area contributed by atoms with Gasteiger partial charge in [-0.05, 0) is 30.4 Å². The van der Waals surface area contributed by atoms with E-state index in [2.05, 4.69) is 0 Å². The molecule has 0 bridgehead atoms. The molecule has 0 spiro atoms. The van der Waals surface area contributed by atoms with Crippen LogP contribution in [0.15, 0.2) is 24.3 Å². The lowest BCUT2D eigenvalue weighted by molar-refractivity contribution is -0.138. The average Bonchev–Trinajstić information content (AvgIpc) is 3.17. The molecular formula is C15H17NO4. The summed E-state index contributed by atoms with van der Waals surface area (Å²) in [6.07, 6.45) is 2.36. The van der Waals surface area contributed by atoms with Gasteiger partial charge >= 0.3 is 5.97 Å². The quantitative estimate of drug-likeness (QED) is 0.887. The Hall–Kier alpha value is -1.88. The Balaban J connectivity index is 1.70. The van der Waals surface area contributed by atoms with Crippen LogP contribution >= 0.6 is 0 Å². The largest absolute Gasteiger partial charge is 0.481 e. The number of carboxylic acid groups (broad SMARTS) is 1. The van der Waals surface area contributed by atoms with Gasteiger partial charge in [0.15, 0.2) is 0 Å². The van der Waals surface area contributed by atoms with Crippen LogP contribution in [-0.4, -0.2) is 36.7 Å². The van der Waals surface area contributed by atoms with Crippen LogP contribution in [0.25, 0.3) is 0 Å². The lowest BCUT2D eigenvalue weighted by Gasteiger charge is -2.17. The number of anilines is 1. The van der Waals surface area contributed by atoms with Gasteiger partial charge in [-0.25, -0.2) is 0 Å². The summed E-state index contributed by atoms with van der Waals surface area (Å²) in [6, 6.07) is 7.17. The van der Waals surface area contributed by atoms with Gasteiger partial charge in [0.25, 0.3) is 5.91 Å². The van der Waals surface area contributed by atoms with Crippen molar-refractivity contribution in [2.75, 3.05) is 24.7 Å². The van der Waals surface area contributed by atoms with E-state index in [4.69, 9.17) is 4.74 Å². The number of ether oxygens (including phenoxy) is 1. The third-order valence-electron chi connectivity index (χ3n) is 3.84. The second-order valence-corrected chi connectivity index (χ2v) is 5.41. The van der Waals surface area contributed by atoms with Crippen LogP contribution in [0.3, 0.4) is 0 Å². The zero-order chi connectivity index (χ0) is 14.1. The molecular weight excluding hydrogens is 258 g/mol. The van der Waals surface area contributed by atoms with Gasteiger partial charge in [0.05, 0.1) is 6.61 Å². The highest BCUT2D eigenvalue weighted by molar-refractivity contribution is 5.99. The van der Waals surface area contributed by atoms with Crippen LogP contribution in [0, 0.1) is 5.92 Å². The number of nitrogens with zero attached hydrogens (tertiary/aromatic N) is 1. The Morgan fingerprint density at radius 2 is 2.05 bits per heavy atom. The number of carboxylic acids is 1. The first-order chi connectivity index (χ1) is 9.66. The second-order valence-electron chi connectivity index (χ2n) is 5.41. The Morgan fingerprint density at radius 3 is 2.75 bits per heavy atom. The number of benzene rings is 1. The molecule has 3 rings (SSSR count). The normalized spacial score (nSPS) is 20.8. The molecule has 0 saturated heterocycles. The number of rotatable bonds is 5. The molecule has 1 heterocycles. The van der Waals surface area contributed by atoms with E-state index in [1.54, 1.807) is 18.2 Å². The number of fused-ring (bicyclic) bond motifs is 1. The van der Waals surface area contributed by atoms with E-state index >= 15 is 0 Å². The molecule has 1 atom stereocenters. The fraction of sp³-hybridized carbons (Fsp3) is 0.467. The van der Waals surface area contributed by atoms with Gasteiger partial charge in [0.2, 0.25) is 0 Å². The second kappa shape index (κ2) is 5.25. The molecule has 1 aromatic carbocycles. The van der Waals surface area contributed by atoms with Gasteiger partial charge in [-0.15, -0.1) is 0 Å². The predicted octanol–water partition coefficient (Wildman–Crippen LogP) is 1.63. The van der Waals surface area contributed by atoms with Crippen molar-refractivity contribution < 1.29 is 19.4 Å². The van der Waals surface area contributed by atoms with Crippen LogP contribution in [0.5, 0.6) is 0 Å². The highest BCUT2D eigenvalue weighted by atomic mass is 16.5. The maximum Gasteiger partial charge on any atom is 0.312 e. The van der Waals surface area contributed by atoms with E-state index in [1.807, 2.05) is 6.07 Å². The van der Waals surface area contributed by atoms with Gasteiger partial charge in [0.1, 0.15) is 12.5 Å². The summed E-state index contributed by atoms with van der Waals surface area (Å²) in [4.78, 5) is 25.0. The van der Waals surface area contributed by atoms with Crippen molar-refractivity contribution in [3.05, 3.63) is 29.8 Å². The van der Waals surface area contributed by atoms with Crippen LogP contribution in [-0.2, 0) is 14.3 Å². The first-order valence-corrected chi connectivity index (χ1v) is 6.86. The van der Waals surface area contributed by atoms with Gasteiger partial charge in [-0.1, -0.05) is 18.2 Å². The molecule has 20 heavy (non-hydrogen) atoms. The number of hydrogen-bond acceptors (Lipinski definition) is 3. The molecule has 5 heteroatoms. The number of aliphatic carboxylic acids is 1. The molecule has 106 valence electrons. The standard InChI is InChI=1S/C15H17NO4/c17-14(9-20-8-10-5-6-10)16-7-12(15(18)19)11-3-1-2-4-13(11)16/h1-4,10,12H,5-9H2,(H,18,19). The summed E-state index contributed by atoms with van der Waals surface area (Å²) in [6.45, 7) is 0.848. The van der Waals surface area contributed by atoms with E-state index in [1.165, 1.54) is 17.7 Å². The number of amides is 1. The molecule has 5 nitrogen and oxygen atoms in total. The predicted molar refractivity (Wildman–Crippen MR) is 72.7 cm³/mol. The Bertz CT molecular complexity index is 538. The van der Waals surface area contributed by atoms with E-state index in [0.717, 1.165) is 0 Å². The molecule has 2 aliphatic rings.